The number of hydrogen-bond acceptors (Lipinski definition) is 4. The summed E-state index contributed by atoms with van der Waals surface area (Å²) < 4.78 is 5.79. The molecule has 0 atom stereocenters. The number of nitrogens with two attached hydrogens (primary N) is 1. The molecule has 0 saturated carbocycles. The van der Waals surface area contributed by atoms with Gasteiger partial charge in [0, 0.05) is 13.0 Å². The van der Waals surface area contributed by atoms with Crippen LogP contribution in [0.5, 0.6) is 5.75 Å². The summed E-state index contributed by atoms with van der Waals surface area (Å²) in [4.78, 5) is 15.4. The second kappa shape index (κ2) is 4.96. The third-order valence-electron chi connectivity index (χ3n) is 2.72. The SMILES string of the molecule is CC1(C)Cc2cc(CNOCC(N)=O)ccc2O1. The normalized spacial score (nSPS) is 16.1. The van der Waals surface area contributed by atoms with E-state index < -0.39 is 5.91 Å². The number of carbonyl (C=O) groups excluding carboxylic acids is 1. The minimum atomic E-state index is -0.494. The van der Waals surface area contributed by atoms with Crippen LogP contribution < -0.4 is 16.0 Å². The van der Waals surface area contributed by atoms with Crippen LogP contribution in [0.4, 0.5) is 0 Å². The highest BCUT2D eigenvalue weighted by molar-refractivity contribution is 5.74. The molecule has 1 amide bonds. The molecule has 2 rings (SSSR count). The lowest BCUT2D eigenvalue weighted by Crippen LogP contribution is -2.24. The standard InChI is InChI=1S/C13H18N2O3/c1-13(2)6-10-5-9(3-4-11(10)18-13)7-15-17-8-12(14)16/h3-5,15H,6-8H2,1-2H3,(H2,14,16). The summed E-state index contributed by atoms with van der Waals surface area (Å²) in [6.07, 6.45) is 0.901. The van der Waals surface area contributed by atoms with Crippen molar-refractivity contribution >= 4 is 5.91 Å². The molecule has 5 heteroatoms. The maximum absolute atomic E-state index is 10.5. The van der Waals surface area contributed by atoms with E-state index in [2.05, 4.69) is 25.4 Å². The van der Waals surface area contributed by atoms with Crippen molar-refractivity contribution in [3.8, 4) is 5.75 Å². The van der Waals surface area contributed by atoms with E-state index in [0.717, 1.165) is 17.7 Å². The van der Waals surface area contributed by atoms with E-state index in [-0.39, 0.29) is 12.2 Å². The van der Waals surface area contributed by atoms with Gasteiger partial charge in [-0.25, -0.2) is 0 Å². The molecule has 0 unspecified atom stereocenters. The lowest BCUT2D eigenvalue weighted by molar-refractivity contribution is -0.125. The molecule has 1 aliphatic heterocycles. The first kappa shape index (κ1) is 12.9. The molecule has 18 heavy (non-hydrogen) atoms. The van der Waals surface area contributed by atoms with E-state index in [0.29, 0.717) is 6.54 Å². The van der Waals surface area contributed by atoms with Gasteiger partial charge in [0.15, 0.2) is 0 Å². The Balaban J connectivity index is 1.91. The van der Waals surface area contributed by atoms with Gasteiger partial charge in [0.2, 0.25) is 5.91 Å². The second-order valence-corrected chi connectivity index (χ2v) is 5.06. The van der Waals surface area contributed by atoms with Crippen molar-refractivity contribution in [1.82, 2.24) is 5.48 Å². The van der Waals surface area contributed by atoms with Crippen LogP contribution in [0.2, 0.25) is 0 Å². The molecule has 0 aliphatic carbocycles. The molecule has 1 aliphatic rings. The molecule has 0 radical (unpaired) electrons. The molecule has 98 valence electrons. The summed E-state index contributed by atoms with van der Waals surface area (Å²) in [6.45, 7) is 4.55. The predicted octanol–water partition coefficient (Wildman–Crippen LogP) is 0.907. The van der Waals surface area contributed by atoms with Crippen molar-refractivity contribution < 1.29 is 14.4 Å². The van der Waals surface area contributed by atoms with Gasteiger partial charge in [0.05, 0.1) is 0 Å². The fourth-order valence-corrected chi connectivity index (χ4v) is 2.03. The Morgan fingerprint density at radius 1 is 1.56 bits per heavy atom. The molecule has 1 aromatic carbocycles. The Bertz CT molecular complexity index is 458. The van der Waals surface area contributed by atoms with Crippen molar-refractivity contribution in [1.29, 1.82) is 0 Å². The van der Waals surface area contributed by atoms with Crippen LogP contribution >= 0.6 is 0 Å². The predicted molar refractivity (Wildman–Crippen MR) is 66.8 cm³/mol. The van der Waals surface area contributed by atoms with Crippen LogP contribution in [0.25, 0.3) is 0 Å². The van der Waals surface area contributed by atoms with Crippen LogP contribution in [0, 0.1) is 0 Å². The molecule has 0 aromatic heterocycles. The third kappa shape index (κ3) is 3.21. The Hall–Kier alpha value is -1.59. The zero-order chi connectivity index (χ0) is 13.2. The number of ether oxygens (including phenoxy) is 1. The fraction of sp³-hybridized carbons (Fsp3) is 0.462. The Morgan fingerprint density at radius 2 is 2.33 bits per heavy atom. The Kier molecular flexibility index (Phi) is 3.54. The molecule has 1 heterocycles. The smallest absolute Gasteiger partial charge is 0.245 e. The van der Waals surface area contributed by atoms with E-state index in [9.17, 15) is 4.79 Å². The highest BCUT2D eigenvalue weighted by Gasteiger charge is 2.29. The number of fused-ring (bicyclic) bond motifs is 1. The number of benzene rings is 1. The van der Waals surface area contributed by atoms with Gasteiger partial charge in [-0.05, 0) is 31.0 Å². The highest BCUT2D eigenvalue weighted by atomic mass is 16.6. The van der Waals surface area contributed by atoms with Crippen molar-refractivity contribution in [2.45, 2.75) is 32.4 Å². The van der Waals surface area contributed by atoms with Gasteiger partial charge in [-0.15, -0.1) is 0 Å². The van der Waals surface area contributed by atoms with Gasteiger partial charge in [0.1, 0.15) is 18.0 Å². The van der Waals surface area contributed by atoms with Crippen LogP contribution in [-0.2, 0) is 22.6 Å². The maximum Gasteiger partial charge on any atom is 0.245 e. The third-order valence-corrected chi connectivity index (χ3v) is 2.72. The van der Waals surface area contributed by atoms with Gasteiger partial charge in [-0.1, -0.05) is 12.1 Å². The van der Waals surface area contributed by atoms with E-state index in [1.54, 1.807) is 0 Å². The minimum absolute atomic E-state index is 0.124. The molecule has 0 bridgehead atoms. The zero-order valence-corrected chi connectivity index (χ0v) is 10.7. The average Bonchev–Trinajstić information content (AvgIpc) is 2.57. The highest BCUT2D eigenvalue weighted by Crippen LogP contribution is 2.35. The van der Waals surface area contributed by atoms with E-state index >= 15 is 0 Å². The molecule has 0 saturated heterocycles. The molecule has 3 N–H and O–H groups in total. The van der Waals surface area contributed by atoms with E-state index in [1.165, 1.54) is 5.56 Å². The summed E-state index contributed by atoms with van der Waals surface area (Å²) >= 11 is 0. The van der Waals surface area contributed by atoms with Crippen LogP contribution in [-0.4, -0.2) is 18.1 Å². The topological polar surface area (TPSA) is 73.6 Å². The summed E-state index contributed by atoms with van der Waals surface area (Å²) in [5, 5.41) is 0. The van der Waals surface area contributed by atoms with E-state index in [4.69, 9.17) is 15.3 Å². The molecule has 1 aromatic rings. The minimum Gasteiger partial charge on any atom is -0.487 e. The van der Waals surface area contributed by atoms with Gasteiger partial charge >= 0.3 is 0 Å². The maximum atomic E-state index is 10.5. The second-order valence-electron chi connectivity index (χ2n) is 5.06. The molecule has 0 fully saturated rings. The number of amides is 1. The molecular weight excluding hydrogens is 232 g/mol. The summed E-state index contributed by atoms with van der Waals surface area (Å²) in [5.41, 5.74) is 9.82. The Morgan fingerprint density at radius 3 is 3.06 bits per heavy atom. The lowest BCUT2D eigenvalue weighted by atomic mass is 10.0. The van der Waals surface area contributed by atoms with Gasteiger partial charge in [-0.3, -0.25) is 9.63 Å². The summed E-state index contributed by atoms with van der Waals surface area (Å²) in [7, 11) is 0. The Labute approximate surface area is 106 Å². The summed E-state index contributed by atoms with van der Waals surface area (Å²) in [6, 6.07) is 6.03. The van der Waals surface area contributed by atoms with Gasteiger partial charge in [0.25, 0.3) is 0 Å². The van der Waals surface area contributed by atoms with Crippen molar-refractivity contribution in [3.63, 3.8) is 0 Å². The monoisotopic (exact) mass is 250 g/mol. The zero-order valence-electron chi connectivity index (χ0n) is 10.7. The molecule has 5 nitrogen and oxygen atoms in total. The first-order valence-corrected chi connectivity index (χ1v) is 5.90. The van der Waals surface area contributed by atoms with Crippen LogP contribution in [0.3, 0.4) is 0 Å². The number of hydroxylamine groups is 1. The number of hydrogen-bond donors (Lipinski definition) is 2. The fourth-order valence-electron chi connectivity index (χ4n) is 2.03. The van der Waals surface area contributed by atoms with Gasteiger partial charge in [-0.2, -0.15) is 5.48 Å². The van der Waals surface area contributed by atoms with Crippen molar-refractivity contribution in [2.24, 2.45) is 5.73 Å². The van der Waals surface area contributed by atoms with Crippen molar-refractivity contribution in [3.05, 3.63) is 29.3 Å². The van der Waals surface area contributed by atoms with Crippen molar-refractivity contribution in [2.75, 3.05) is 6.61 Å². The first-order chi connectivity index (χ1) is 8.46. The van der Waals surface area contributed by atoms with Crippen LogP contribution in [0.15, 0.2) is 18.2 Å². The first-order valence-electron chi connectivity index (χ1n) is 5.90. The van der Waals surface area contributed by atoms with E-state index in [1.807, 2.05) is 12.1 Å². The largest absolute Gasteiger partial charge is 0.487 e. The quantitative estimate of drug-likeness (QED) is 0.601. The number of rotatable bonds is 5. The summed E-state index contributed by atoms with van der Waals surface area (Å²) in [5.74, 6) is 0.452. The van der Waals surface area contributed by atoms with Gasteiger partial charge < -0.3 is 10.5 Å². The number of carbonyl (C=O) groups is 1. The lowest BCUT2D eigenvalue weighted by Gasteiger charge is -2.16. The average molecular weight is 250 g/mol. The molecule has 0 spiro atoms. The number of primary amides is 1. The number of nitrogens with one attached hydrogen (secondary N) is 1. The molecular formula is C13H18N2O3. The van der Waals surface area contributed by atoms with Crippen LogP contribution in [0.1, 0.15) is 25.0 Å².